The number of rotatable bonds is 5. The lowest BCUT2D eigenvalue weighted by Crippen LogP contribution is -2.26. The first kappa shape index (κ1) is 11.8. The number of anilines is 2. The lowest BCUT2D eigenvalue weighted by atomic mass is 9.67. The number of ketones is 1. The molecule has 15 heavy (non-hydrogen) atoms. The van der Waals surface area contributed by atoms with Gasteiger partial charge in [-0.2, -0.15) is 0 Å². The average Bonchev–Trinajstić information content (AvgIpc) is 2.18. The molecule has 0 aliphatic carbocycles. The van der Waals surface area contributed by atoms with Gasteiger partial charge in [0.05, 0.1) is 6.54 Å². The monoisotopic (exact) mass is 195 g/mol. The maximum absolute atomic E-state index is 10.9. The van der Waals surface area contributed by atoms with Crippen molar-refractivity contribution < 1.29 is 4.79 Å². The highest BCUT2D eigenvalue weighted by Crippen LogP contribution is 2.23. The highest BCUT2D eigenvalue weighted by atomic mass is 16.1. The van der Waals surface area contributed by atoms with Crippen LogP contribution >= 0.6 is 0 Å². The molecule has 1 N–H and O–H groups in total. The van der Waals surface area contributed by atoms with E-state index in [1.54, 1.807) is 0 Å². The predicted octanol–water partition coefficient (Wildman–Crippen LogP) is 0.280. The fourth-order valence-electron chi connectivity index (χ4n) is 1.26. The second-order valence-electron chi connectivity index (χ2n) is 3.16. The largest absolute Gasteiger partial charge is 0.439 e. The normalized spacial score (nSPS) is 9.40. The molecule has 0 saturated carbocycles. The van der Waals surface area contributed by atoms with Crippen LogP contribution in [0.5, 0.6) is 0 Å². The van der Waals surface area contributed by atoms with E-state index in [0.29, 0.717) is 0 Å². The van der Waals surface area contributed by atoms with Crippen LogP contribution in [-0.4, -0.2) is 35.4 Å². The molecule has 6 heteroatoms. The van der Waals surface area contributed by atoms with E-state index in [-0.39, 0.29) is 12.3 Å². The van der Waals surface area contributed by atoms with Crippen molar-refractivity contribution in [3.63, 3.8) is 0 Å². The lowest BCUT2D eigenvalue weighted by Gasteiger charge is -2.22. The molecule has 0 saturated heterocycles. The van der Waals surface area contributed by atoms with Gasteiger partial charge in [-0.1, -0.05) is 12.1 Å². The number of hydrogen-bond acceptors (Lipinski definition) is 3. The number of nitrogens with one attached hydrogen (secondary N) is 1. The van der Waals surface area contributed by atoms with Gasteiger partial charge in [0.25, 0.3) is 0 Å². The third-order valence-corrected chi connectivity index (χ3v) is 1.85. The number of para-hydroxylation sites is 2. The summed E-state index contributed by atoms with van der Waals surface area (Å²) in [6.07, 6.45) is 0. The highest BCUT2D eigenvalue weighted by molar-refractivity contribution is 6.91. The van der Waals surface area contributed by atoms with Gasteiger partial charge < -0.3 is 10.0 Å². The van der Waals surface area contributed by atoms with E-state index in [1.165, 1.54) is 19.0 Å². The molecule has 1 rings (SSSR count). The fourth-order valence-corrected chi connectivity index (χ4v) is 1.26. The van der Waals surface area contributed by atoms with Crippen LogP contribution in [0.3, 0.4) is 0 Å². The topological polar surface area (TPSA) is 32.3 Å². The minimum atomic E-state index is 0.00373. The zero-order valence-electron chi connectivity index (χ0n) is 8.60. The number of carbonyl (C=O) groups excluding carboxylic acids is 1. The molecular formula is C9H10B3N2O. The minimum Gasteiger partial charge on any atom is -0.439 e. The quantitative estimate of drug-likeness (QED) is 0.684. The zero-order chi connectivity index (χ0) is 11.3. The van der Waals surface area contributed by atoms with Crippen LogP contribution in [0.1, 0.15) is 6.92 Å². The summed E-state index contributed by atoms with van der Waals surface area (Å²) >= 11 is 0. The van der Waals surface area contributed by atoms with Crippen LogP contribution in [0.15, 0.2) is 24.3 Å². The molecule has 0 spiro atoms. The summed E-state index contributed by atoms with van der Waals surface area (Å²) < 4.78 is 0. The van der Waals surface area contributed by atoms with Crippen molar-refractivity contribution in [2.45, 2.75) is 6.92 Å². The molecule has 0 amide bonds. The molecule has 5 radical (unpaired) electrons. The van der Waals surface area contributed by atoms with E-state index in [9.17, 15) is 4.79 Å². The van der Waals surface area contributed by atoms with Crippen molar-refractivity contribution >= 4 is 40.2 Å². The number of nitrogens with zero attached hydrogens (tertiary/aromatic N) is 1. The molecule has 0 bridgehead atoms. The summed E-state index contributed by atoms with van der Waals surface area (Å²) in [6, 6.07) is 7.35. The Bertz CT molecular complexity index is 346. The maximum Gasteiger partial charge on any atom is 0.227 e. The van der Waals surface area contributed by atoms with Gasteiger partial charge >= 0.3 is 0 Å². The molecule has 0 aromatic heterocycles. The van der Waals surface area contributed by atoms with Gasteiger partial charge in [0, 0.05) is 19.1 Å². The predicted molar refractivity (Wildman–Crippen MR) is 65.4 cm³/mol. The Morgan fingerprint density at radius 2 is 2.20 bits per heavy atom. The molecule has 71 valence electrons. The van der Waals surface area contributed by atoms with Crippen LogP contribution < -0.4 is 10.0 Å². The van der Waals surface area contributed by atoms with Gasteiger partial charge in [0.2, 0.25) is 7.98 Å². The summed E-state index contributed by atoms with van der Waals surface area (Å²) in [5.41, 5.74) is 1.50. The summed E-state index contributed by atoms with van der Waals surface area (Å²) in [4.78, 5) is 12.3. The van der Waals surface area contributed by atoms with E-state index in [0.717, 1.165) is 11.4 Å². The van der Waals surface area contributed by atoms with Crippen LogP contribution in [0.2, 0.25) is 0 Å². The molecule has 0 atom stereocenters. The number of hydrogen-bond donors (Lipinski definition) is 1. The SMILES string of the molecule is [B][B]Nc1ccccc1N([B])CC(C)=O. The van der Waals surface area contributed by atoms with Gasteiger partial charge in [-0.05, 0) is 19.1 Å². The molecule has 0 fully saturated rings. The summed E-state index contributed by atoms with van der Waals surface area (Å²) in [5, 5.41) is 2.85. The molecular weight excluding hydrogens is 185 g/mol. The van der Waals surface area contributed by atoms with Gasteiger partial charge in [0.1, 0.15) is 5.78 Å². The Kier molecular flexibility index (Phi) is 4.34. The fraction of sp³-hybridized carbons (Fsp3) is 0.222. The second-order valence-corrected chi connectivity index (χ2v) is 3.16. The highest BCUT2D eigenvalue weighted by Gasteiger charge is 2.06. The van der Waals surface area contributed by atoms with E-state index in [1.807, 2.05) is 24.3 Å². The zero-order valence-corrected chi connectivity index (χ0v) is 8.60. The van der Waals surface area contributed by atoms with Crippen LogP contribution in [0.25, 0.3) is 0 Å². The van der Waals surface area contributed by atoms with Gasteiger partial charge in [-0.25, -0.2) is 0 Å². The van der Waals surface area contributed by atoms with Gasteiger partial charge in [0.15, 0.2) is 7.31 Å². The van der Waals surface area contributed by atoms with E-state index >= 15 is 0 Å². The first-order valence-corrected chi connectivity index (χ1v) is 4.56. The van der Waals surface area contributed by atoms with E-state index in [4.69, 9.17) is 15.7 Å². The van der Waals surface area contributed by atoms with Crippen molar-refractivity contribution in [2.24, 2.45) is 0 Å². The first-order chi connectivity index (χ1) is 7.15. The van der Waals surface area contributed by atoms with Crippen molar-refractivity contribution in [2.75, 3.05) is 16.6 Å². The number of Topliss-reactive ketones (excluding diaryl/α,β-unsaturated/α-hetero) is 1. The van der Waals surface area contributed by atoms with Crippen molar-refractivity contribution in [1.29, 1.82) is 0 Å². The van der Waals surface area contributed by atoms with Gasteiger partial charge in [-0.15, -0.1) is 0 Å². The standard InChI is InChI=1S/C9H10B3N2O/c1-7(15)6-14(11)9-5-3-2-4-8(9)13-12-10/h2-5,13H,6H2,1H3. The Hall–Kier alpha value is -1.32. The molecule has 0 aliphatic heterocycles. The summed E-state index contributed by atoms with van der Waals surface area (Å²) in [7, 11) is 12.3. The van der Waals surface area contributed by atoms with Crippen LogP contribution in [0, 0.1) is 0 Å². The number of carbonyl (C=O) groups is 1. The lowest BCUT2D eigenvalue weighted by molar-refractivity contribution is -0.115. The van der Waals surface area contributed by atoms with Crippen LogP contribution in [-0.2, 0) is 4.79 Å². The molecule has 0 unspecified atom stereocenters. The second kappa shape index (κ2) is 5.54. The average molecular weight is 195 g/mol. The third-order valence-electron chi connectivity index (χ3n) is 1.85. The van der Waals surface area contributed by atoms with Crippen molar-refractivity contribution in [3.8, 4) is 0 Å². The Balaban J connectivity index is 2.86. The summed E-state index contributed by atoms with van der Waals surface area (Å²) in [6.45, 7) is 1.66. The Morgan fingerprint density at radius 1 is 1.53 bits per heavy atom. The smallest absolute Gasteiger partial charge is 0.227 e. The third kappa shape index (κ3) is 3.38. The summed E-state index contributed by atoms with van der Waals surface area (Å²) in [5.74, 6) is 0.00373. The Labute approximate surface area is 93.3 Å². The van der Waals surface area contributed by atoms with Gasteiger partial charge in [-0.3, -0.25) is 4.79 Å². The number of benzene rings is 1. The molecule has 0 aliphatic rings. The first-order valence-electron chi connectivity index (χ1n) is 4.56. The molecule has 3 nitrogen and oxygen atoms in total. The molecule has 0 heterocycles. The Morgan fingerprint density at radius 3 is 2.80 bits per heavy atom. The van der Waals surface area contributed by atoms with Crippen LogP contribution in [0.4, 0.5) is 11.4 Å². The molecule has 1 aromatic carbocycles. The van der Waals surface area contributed by atoms with Crippen molar-refractivity contribution in [1.82, 2.24) is 0 Å². The van der Waals surface area contributed by atoms with E-state index < -0.39 is 0 Å². The molecule has 1 aromatic rings. The van der Waals surface area contributed by atoms with Crippen molar-refractivity contribution in [3.05, 3.63) is 24.3 Å². The maximum atomic E-state index is 10.9. The van der Waals surface area contributed by atoms with E-state index in [2.05, 4.69) is 5.23 Å². The minimum absolute atomic E-state index is 0.00373.